The second-order valence-corrected chi connectivity index (χ2v) is 8.16. The fraction of sp³-hybridized carbons (Fsp3) is 0.200. The molecule has 0 aliphatic rings. The van der Waals surface area contributed by atoms with E-state index in [1.807, 2.05) is 6.92 Å². The second kappa shape index (κ2) is 9.73. The Labute approximate surface area is 182 Å². The van der Waals surface area contributed by atoms with Crippen LogP contribution in [0.5, 0.6) is 0 Å². The van der Waals surface area contributed by atoms with Crippen molar-refractivity contribution in [3.05, 3.63) is 64.7 Å². The van der Waals surface area contributed by atoms with Gasteiger partial charge in [0.1, 0.15) is 11.6 Å². The zero-order chi connectivity index (χ0) is 21.7. The summed E-state index contributed by atoms with van der Waals surface area (Å²) in [5.74, 6) is 0.586. The zero-order valence-corrected chi connectivity index (χ0v) is 17.9. The smallest absolute Gasteiger partial charge is 0.237 e. The first kappa shape index (κ1) is 21.8. The molecule has 2 aromatic carbocycles. The highest BCUT2D eigenvalue weighted by Gasteiger charge is 2.16. The molecule has 0 saturated carbocycles. The van der Waals surface area contributed by atoms with Gasteiger partial charge < -0.3 is 16.4 Å². The highest BCUT2D eigenvalue weighted by Crippen LogP contribution is 2.25. The summed E-state index contributed by atoms with van der Waals surface area (Å²) in [6, 6.07) is 11.1. The Bertz CT molecular complexity index is 1050. The minimum atomic E-state index is -0.366. The molecule has 0 spiro atoms. The van der Waals surface area contributed by atoms with Crippen LogP contribution in [0.25, 0.3) is 0 Å². The van der Waals surface area contributed by atoms with Crippen LogP contribution in [0.2, 0.25) is 5.02 Å². The Morgan fingerprint density at radius 2 is 1.93 bits per heavy atom. The van der Waals surface area contributed by atoms with Crippen LogP contribution < -0.4 is 16.4 Å². The van der Waals surface area contributed by atoms with Gasteiger partial charge in [-0.05, 0) is 55.8 Å². The molecule has 0 bridgehead atoms. The highest BCUT2D eigenvalue weighted by molar-refractivity contribution is 7.99. The van der Waals surface area contributed by atoms with Gasteiger partial charge >= 0.3 is 0 Å². The number of halogens is 2. The number of nitrogen functional groups attached to an aromatic ring is 1. The number of anilines is 4. The normalized spacial score (nSPS) is 11.7. The van der Waals surface area contributed by atoms with E-state index in [0.29, 0.717) is 28.0 Å². The lowest BCUT2D eigenvalue weighted by Crippen LogP contribution is -2.23. The number of carbonyl (C=O) groups is 1. The molecule has 3 rings (SSSR count). The summed E-state index contributed by atoms with van der Waals surface area (Å²) >= 11 is 7.46. The van der Waals surface area contributed by atoms with Crippen LogP contribution >= 0.6 is 23.4 Å². The van der Waals surface area contributed by atoms with Crippen LogP contribution in [0.4, 0.5) is 27.7 Å². The molecular formula is C20H20ClFN6OS. The predicted molar refractivity (Wildman–Crippen MR) is 119 cm³/mol. The number of amides is 1. The molecule has 0 aliphatic carbocycles. The fourth-order valence-electron chi connectivity index (χ4n) is 2.47. The number of benzene rings is 2. The van der Waals surface area contributed by atoms with Crippen molar-refractivity contribution in [1.82, 2.24) is 15.0 Å². The van der Waals surface area contributed by atoms with Crippen LogP contribution in [0.1, 0.15) is 18.3 Å². The van der Waals surface area contributed by atoms with E-state index < -0.39 is 0 Å². The van der Waals surface area contributed by atoms with Gasteiger partial charge in [-0.3, -0.25) is 4.79 Å². The third-order valence-corrected chi connectivity index (χ3v) is 5.71. The maximum Gasteiger partial charge on any atom is 0.237 e. The van der Waals surface area contributed by atoms with Gasteiger partial charge in [0.25, 0.3) is 0 Å². The molecule has 3 aromatic rings. The first-order chi connectivity index (χ1) is 14.3. The van der Waals surface area contributed by atoms with E-state index in [9.17, 15) is 9.18 Å². The number of hydrogen-bond acceptors (Lipinski definition) is 7. The number of nitrogens with zero attached hydrogens (tertiary/aromatic N) is 3. The minimum Gasteiger partial charge on any atom is -0.368 e. The average molecular weight is 447 g/mol. The molecule has 1 amide bonds. The second-order valence-electron chi connectivity index (χ2n) is 6.42. The summed E-state index contributed by atoms with van der Waals surface area (Å²) < 4.78 is 13.0. The summed E-state index contributed by atoms with van der Waals surface area (Å²) in [6.07, 6.45) is 0. The molecular weight excluding hydrogens is 427 g/mol. The van der Waals surface area contributed by atoms with Crippen LogP contribution in [0.3, 0.4) is 0 Å². The van der Waals surface area contributed by atoms with Crippen LogP contribution in [0, 0.1) is 12.7 Å². The standard InChI is InChI=1S/C20H20ClFN6OS/c1-11-15(21)4-3-5-16(11)25-18(29)12(2)30-10-17-26-19(23)28-20(27-17)24-14-8-6-13(22)7-9-14/h3-9,12H,10H2,1-2H3,(H,25,29)(H3,23,24,26,27,28)/t12-/m0/s1. The maximum absolute atomic E-state index is 13.0. The largest absolute Gasteiger partial charge is 0.368 e. The van der Waals surface area contributed by atoms with Crippen LogP contribution in [-0.2, 0) is 10.5 Å². The SMILES string of the molecule is Cc1c(Cl)cccc1NC(=O)[C@H](C)SCc1nc(N)nc(Nc2ccc(F)cc2)n1. The Hall–Kier alpha value is -2.91. The Kier molecular flexibility index (Phi) is 7.07. The monoisotopic (exact) mass is 446 g/mol. The first-order valence-corrected chi connectivity index (χ1v) is 10.4. The molecule has 4 N–H and O–H groups in total. The van der Waals surface area contributed by atoms with E-state index in [-0.39, 0.29) is 28.9 Å². The van der Waals surface area contributed by atoms with E-state index in [4.69, 9.17) is 17.3 Å². The molecule has 0 saturated heterocycles. The Morgan fingerprint density at radius 1 is 1.20 bits per heavy atom. The molecule has 0 unspecified atom stereocenters. The summed E-state index contributed by atoms with van der Waals surface area (Å²) in [6.45, 7) is 3.64. The summed E-state index contributed by atoms with van der Waals surface area (Å²) in [7, 11) is 0. The molecule has 10 heteroatoms. The van der Waals surface area contributed by atoms with Gasteiger partial charge in [0.05, 0.1) is 11.0 Å². The first-order valence-electron chi connectivity index (χ1n) is 9.02. The molecule has 30 heavy (non-hydrogen) atoms. The number of carbonyl (C=O) groups excluding carboxylic acids is 1. The van der Waals surface area contributed by atoms with Crippen molar-refractivity contribution >= 4 is 52.5 Å². The number of nitrogens with two attached hydrogens (primary N) is 1. The van der Waals surface area contributed by atoms with Gasteiger partial charge in [0.2, 0.25) is 17.8 Å². The highest BCUT2D eigenvalue weighted by atomic mass is 35.5. The molecule has 1 atom stereocenters. The summed E-state index contributed by atoms with van der Waals surface area (Å²) in [5.41, 5.74) is 7.88. The lowest BCUT2D eigenvalue weighted by molar-refractivity contribution is -0.115. The van der Waals surface area contributed by atoms with E-state index >= 15 is 0 Å². The third-order valence-electron chi connectivity index (χ3n) is 4.16. The van der Waals surface area contributed by atoms with Gasteiger partial charge in [0, 0.05) is 16.4 Å². The van der Waals surface area contributed by atoms with Gasteiger partial charge in [-0.1, -0.05) is 17.7 Å². The van der Waals surface area contributed by atoms with E-state index in [0.717, 1.165) is 5.56 Å². The van der Waals surface area contributed by atoms with E-state index in [2.05, 4.69) is 25.6 Å². The molecule has 1 heterocycles. The van der Waals surface area contributed by atoms with Crippen molar-refractivity contribution in [3.63, 3.8) is 0 Å². The van der Waals surface area contributed by atoms with Crippen molar-refractivity contribution in [3.8, 4) is 0 Å². The van der Waals surface area contributed by atoms with E-state index in [1.165, 1.54) is 23.9 Å². The number of thioether (sulfide) groups is 1. The van der Waals surface area contributed by atoms with Gasteiger partial charge in [0.15, 0.2) is 0 Å². The average Bonchev–Trinajstić information content (AvgIpc) is 2.71. The van der Waals surface area contributed by atoms with Crippen LogP contribution in [-0.4, -0.2) is 26.1 Å². The van der Waals surface area contributed by atoms with Gasteiger partial charge in [-0.2, -0.15) is 15.0 Å². The summed E-state index contributed by atoms with van der Waals surface area (Å²) in [4.78, 5) is 25.0. The van der Waals surface area contributed by atoms with Crippen molar-refractivity contribution in [2.75, 3.05) is 16.4 Å². The van der Waals surface area contributed by atoms with E-state index in [1.54, 1.807) is 37.3 Å². The summed E-state index contributed by atoms with van der Waals surface area (Å²) in [5, 5.41) is 6.07. The van der Waals surface area contributed by atoms with Crippen molar-refractivity contribution in [1.29, 1.82) is 0 Å². The van der Waals surface area contributed by atoms with Crippen molar-refractivity contribution in [2.45, 2.75) is 24.9 Å². The van der Waals surface area contributed by atoms with Gasteiger partial charge in [-0.15, -0.1) is 11.8 Å². The molecule has 0 radical (unpaired) electrons. The Morgan fingerprint density at radius 3 is 2.67 bits per heavy atom. The van der Waals surface area contributed by atoms with Crippen molar-refractivity contribution in [2.24, 2.45) is 0 Å². The lowest BCUT2D eigenvalue weighted by Gasteiger charge is -2.14. The fourth-order valence-corrected chi connectivity index (χ4v) is 3.39. The quantitative estimate of drug-likeness (QED) is 0.488. The minimum absolute atomic E-state index is 0.0527. The van der Waals surface area contributed by atoms with Gasteiger partial charge in [-0.25, -0.2) is 4.39 Å². The number of nitrogens with one attached hydrogen (secondary N) is 2. The zero-order valence-electron chi connectivity index (χ0n) is 16.3. The lowest BCUT2D eigenvalue weighted by atomic mass is 10.2. The molecule has 7 nitrogen and oxygen atoms in total. The van der Waals surface area contributed by atoms with Crippen molar-refractivity contribution < 1.29 is 9.18 Å². The maximum atomic E-state index is 13.0. The topological polar surface area (TPSA) is 106 Å². The molecule has 1 aromatic heterocycles. The number of rotatable bonds is 7. The van der Waals surface area contributed by atoms with Crippen LogP contribution in [0.15, 0.2) is 42.5 Å². The molecule has 156 valence electrons. The molecule has 0 aliphatic heterocycles. The number of aromatic nitrogens is 3. The predicted octanol–water partition coefficient (Wildman–Crippen LogP) is 4.56. The number of hydrogen-bond donors (Lipinski definition) is 3. The third kappa shape index (κ3) is 5.80. The Balaban J connectivity index is 1.61. The molecule has 0 fully saturated rings.